The second-order valence-electron chi connectivity index (χ2n) is 3.63. The highest BCUT2D eigenvalue weighted by Crippen LogP contribution is 2.37. The molecule has 17 heavy (non-hydrogen) atoms. The summed E-state index contributed by atoms with van der Waals surface area (Å²) in [5.41, 5.74) is 1.34. The first-order chi connectivity index (χ1) is 7.99. The van der Waals surface area contributed by atoms with Crippen molar-refractivity contribution in [3.05, 3.63) is 56.7 Å². The van der Waals surface area contributed by atoms with Crippen LogP contribution in [0.1, 0.15) is 21.7 Å². The molecule has 0 aliphatic carbocycles. The van der Waals surface area contributed by atoms with Crippen LogP contribution in [0.15, 0.2) is 33.4 Å². The molecule has 0 bridgehead atoms. The van der Waals surface area contributed by atoms with Gasteiger partial charge in [0, 0.05) is 5.02 Å². The lowest BCUT2D eigenvalue weighted by Crippen LogP contribution is -1.95. The van der Waals surface area contributed by atoms with E-state index >= 15 is 0 Å². The zero-order chi connectivity index (χ0) is 12.6. The van der Waals surface area contributed by atoms with Gasteiger partial charge in [0.2, 0.25) is 0 Å². The van der Waals surface area contributed by atoms with Gasteiger partial charge in [0.15, 0.2) is 4.67 Å². The van der Waals surface area contributed by atoms with Crippen LogP contribution in [-0.4, -0.2) is 0 Å². The monoisotopic (exact) mass is 380 g/mol. The van der Waals surface area contributed by atoms with Gasteiger partial charge in [-0.2, -0.15) is 0 Å². The Labute approximate surface area is 120 Å². The van der Waals surface area contributed by atoms with Crippen LogP contribution in [0, 0.1) is 12.7 Å². The van der Waals surface area contributed by atoms with Gasteiger partial charge in [-0.1, -0.05) is 33.6 Å². The van der Waals surface area contributed by atoms with Crippen molar-refractivity contribution in [3.63, 3.8) is 0 Å². The van der Waals surface area contributed by atoms with E-state index in [9.17, 15) is 4.39 Å². The second kappa shape index (κ2) is 5.12. The van der Waals surface area contributed by atoms with E-state index in [-0.39, 0.29) is 10.6 Å². The second-order valence-corrected chi connectivity index (χ2v) is 5.73. The molecular formula is C12H8Br2ClFO. The first-order valence-electron chi connectivity index (χ1n) is 4.84. The summed E-state index contributed by atoms with van der Waals surface area (Å²) in [4.78, 5) is -0.194. The Morgan fingerprint density at radius 1 is 1.35 bits per heavy atom. The van der Waals surface area contributed by atoms with Gasteiger partial charge < -0.3 is 4.42 Å². The Balaban J connectivity index is 2.43. The fraction of sp³-hybridized carbons (Fsp3) is 0.167. The average Bonchev–Trinajstić information content (AvgIpc) is 2.69. The summed E-state index contributed by atoms with van der Waals surface area (Å²) in [5, 5.41) is 0.377. The maximum absolute atomic E-state index is 13.3. The molecule has 0 N–H and O–H groups in total. The molecule has 0 fully saturated rings. The molecule has 1 heterocycles. The van der Waals surface area contributed by atoms with E-state index < -0.39 is 0 Å². The molecule has 0 radical (unpaired) electrons. The Morgan fingerprint density at radius 2 is 2.06 bits per heavy atom. The van der Waals surface area contributed by atoms with Crippen molar-refractivity contribution in [2.24, 2.45) is 0 Å². The van der Waals surface area contributed by atoms with E-state index in [1.807, 2.05) is 6.07 Å². The number of halogens is 4. The van der Waals surface area contributed by atoms with Gasteiger partial charge >= 0.3 is 0 Å². The van der Waals surface area contributed by atoms with Gasteiger partial charge in [0.1, 0.15) is 11.6 Å². The third kappa shape index (κ3) is 2.75. The molecule has 0 saturated heterocycles. The molecule has 2 rings (SSSR count). The molecule has 90 valence electrons. The molecule has 1 aromatic carbocycles. The van der Waals surface area contributed by atoms with Crippen molar-refractivity contribution in [2.45, 2.75) is 11.8 Å². The minimum atomic E-state index is -0.306. The molecule has 0 saturated carbocycles. The summed E-state index contributed by atoms with van der Waals surface area (Å²) < 4.78 is 19.4. The van der Waals surface area contributed by atoms with E-state index in [1.54, 1.807) is 19.1 Å². The number of alkyl halides is 1. The van der Waals surface area contributed by atoms with Gasteiger partial charge in [-0.05, 0) is 52.2 Å². The van der Waals surface area contributed by atoms with Crippen molar-refractivity contribution in [1.82, 2.24) is 0 Å². The molecule has 5 heteroatoms. The van der Waals surface area contributed by atoms with Gasteiger partial charge in [-0.3, -0.25) is 0 Å². The van der Waals surface area contributed by atoms with Crippen LogP contribution >= 0.6 is 43.5 Å². The van der Waals surface area contributed by atoms with Crippen molar-refractivity contribution in [3.8, 4) is 0 Å². The SMILES string of the molecule is Cc1cc(C(Br)c2ccc(Br)o2)c(Cl)cc1F. The minimum Gasteiger partial charge on any atom is -0.453 e. The number of hydrogen-bond donors (Lipinski definition) is 0. The Morgan fingerprint density at radius 3 is 2.65 bits per heavy atom. The first-order valence-corrected chi connectivity index (χ1v) is 6.92. The van der Waals surface area contributed by atoms with Crippen LogP contribution in [0.4, 0.5) is 4.39 Å². The Kier molecular flexibility index (Phi) is 3.95. The van der Waals surface area contributed by atoms with Crippen LogP contribution in [-0.2, 0) is 0 Å². The largest absolute Gasteiger partial charge is 0.453 e. The summed E-state index contributed by atoms with van der Waals surface area (Å²) in [5.74, 6) is 0.406. The maximum Gasteiger partial charge on any atom is 0.169 e. The standard InChI is InChI=1S/C12H8Br2ClFO/c1-6-4-7(8(15)5-9(6)16)12(14)10-2-3-11(13)17-10/h2-5,12H,1H3. The average molecular weight is 382 g/mol. The van der Waals surface area contributed by atoms with Crippen LogP contribution in [0.2, 0.25) is 5.02 Å². The summed E-state index contributed by atoms with van der Waals surface area (Å²) in [6.07, 6.45) is 0. The molecule has 1 nitrogen and oxygen atoms in total. The third-order valence-electron chi connectivity index (χ3n) is 2.39. The highest BCUT2D eigenvalue weighted by Gasteiger charge is 2.18. The highest BCUT2D eigenvalue weighted by atomic mass is 79.9. The molecule has 0 aliphatic heterocycles. The van der Waals surface area contributed by atoms with E-state index in [0.717, 1.165) is 5.56 Å². The molecular weight excluding hydrogens is 374 g/mol. The Hall–Kier alpha value is -0.320. The number of aryl methyl sites for hydroxylation is 1. The summed E-state index contributed by atoms with van der Waals surface area (Å²) in [7, 11) is 0. The van der Waals surface area contributed by atoms with Crippen LogP contribution in [0.25, 0.3) is 0 Å². The molecule has 0 spiro atoms. The smallest absolute Gasteiger partial charge is 0.169 e. The summed E-state index contributed by atoms with van der Waals surface area (Å²) in [6.45, 7) is 1.70. The Bertz CT molecular complexity index is 553. The zero-order valence-corrected chi connectivity index (χ0v) is 12.7. The van der Waals surface area contributed by atoms with E-state index in [4.69, 9.17) is 16.0 Å². The van der Waals surface area contributed by atoms with E-state index in [2.05, 4.69) is 31.9 Å². The molecule has 0 amide bonds. The normalized spacial score (nSPS) is 12.8. The quantitative estimate of drug-likeness (QED) is 0.614. The molecule has 2 aromatic rings. The molecule has 1 unspecified atom stereocenters. The van der Waals surface area contributed by atoms with Gasteiger partial charge in [-0.15, -0.1) is 0 Å². The number of benzene rings is 1. The van der Waals surface area contributed by atoms with Gasteiger partial charge in [0.05, 0.1) is 4.83 Å². The number of rotatable bonds is 2. The fourth-order valence-corrected chi connectivity index (χ4v) is 2.83. The molecule has 0 aliphatic rings. The van der Waals surface area contributed by atoms with Crippen LogP contribution in [0.5, 0.6) is 0 Å². The van der Waals surface area contributed by atoms with E-state index in [1.165, 1.54) is 6.07 Å². The van der Waals surface area contributed by atoms with Crippen LogP contribution < -0.4 is 0 Å². The lowest BCUT2D eigenvalue weighted by molar-refractivity contribution is 0.497. The predicted molar refractivity (Wildman–Crippen MR) is 73.3 cm³/mol. The number of hydrogen-bond acceptors (Lipinski definition) is 1. The molecule has 1 atom stereocenters. The highest BCUT2D eigenvalue weighted by molar-refractivity contribution is 9.10. The third-order valence-corrected chi connectivity index (χ3v) is 4.09. The lowest BCUT2D eigenvalue weighted by Gasteiger charge is -2.11. The van der Waals surface area contributed by atoms with Crippen molar-refractivity contribution in [1.29, 1.82) is 0 Å². The van der Waals surface area contributed by atoms with Crippen molar-refractivity contribution in [2.75, 3.05) is 0 Å². The zero-order valence-electron chi connectivity index (χ0n) is 8.81. The lowest BCUT2D eigenvalue weighted by atomic mass is 10.1. The van der Waals surface area contributed by atoms with Gasteiger partial charge in [-0.25, -0.2) is 4.39 Å². The fourth-order valence-electron chi connectivity index (χ4n) is 1.49. The topological polar surface area (TPSA) is 13.1 Å². The minimum absolute atomic E-state index is 0.194. The van der Waals surface area contributed by atoms with Gasteiger partial charge in [0.25, 0.3) is 0 Å². The first kappa shape index (κ1) is 13.1. The summed E-state index contributed by atoms with van der Waals surface area (Å²) >= 11 is 12.8. The maximum atomic E-state index is 13.3. The predicted octanol–water partition coefficient (Wildman–Crippen LogP) is 5.63. The number of furan rings is 1. The molecule has 1 aromatic heterocycles. The van der Waals surface area contributed by atoms with Crippen LogP contribution in [0.3, 0.4) is 0 Å². The van der Waals surface area contributed by atoms with Crippen molar-refractivity contribution >= 4 is 43.5 Å². The van der Waals surface area contributed by atoms with Crippen molar-refractivity contribution < 1.29 is 8.81 Å². The summed E-state index contributed by atoms with van der Waals surface area (Å²) in [6, 6.07) is 6.67. The van der Waals surface area contributed by atoms with E-state index in [0.29, 0.717) is 21.0 Å².